The van der Waals surface area contributed by atoms with E-state index in [1.165, 1.54) is 0 Å². The molecule has 1 atom stereocenters. The normalized spacial score (nSPS) is 16.1. The van der Waals surface area contributed by atoms with Gasteiger partial charge in [-0.25, -0.2) is 0 Å². The molecule has 1 aromatic rings. The smallest absolute Gasteiger partial charge is 0.251 e. The minimum atomic E-state index is -0.693. The van der Waals surface area contributed by atoms with E-state index in [1.807, 2.05) is 0 Å². The predicted molar refractivity (Wildman–Crippen MR) is 76.6 cm³/mol. The van der Waals surface area contributed by atoms with Gasteiger partial charge in [0, 0.05) is 17.7 Å². The Morgan fingerprint density at radius 1 is 1.40 bits per heavy atom. The summed E-state index contributed by atoms with van der Waals surface area (Å²) in [6.07, 6.45) is 0.433. The first-order valence-corrected chi connectivity index (χ1v) is 6.73. The highest BCUT2D eigenvalue weighted by Gasteiger charge is 2.27. The van der Waals surface area contributed by atoms with Gasteiger partial charge in [-0.05, 0) is 51.0 Å². The molecule has 0 aromatic heterocycles. The van der Waals surface area contributed by atoms with Crippen molar-refractivity contribution in [3.8, 4) is 0 Å². The molecule has 2 rings (SSSR count). The van der Waals surface area contributed by atoms with Crippen LogP contribution in [0.25, 0.3) is 0 Å². The first-order chi connectivity index (χ1) is 9.29. The summed E-state index contributed by atoms with van der Waals surface area (Å²) < 4.78 is 0. The Kier molecular flexibility index (Phi) is 3.81. The van der Waals surface area contributed by atoms with Crippen molar-refractivity contribution in [3.05, 3.63) is 29.3 Å². The molecular formula is C15H20N2O3. The minimum absolute atomic E-state index is 0.00457. The highest BCUT2D eigenvalue weighted by Crippen LogP contribution is 2.23. The van der Waals surface area contributed by atoms with Crippen LogP contribution in [0.1, 0.15) is 43.1 Å². The van der Waals surface area contributed by atoms with Crippen LogP contribution >= 0.6 is 0 Å². The molecule has 2 amide bonds. The third-order valence-electron chi connectivity index (χ3n) is 3.74. The number of hydrogen-bond donors (Lipinski definition) is 3. The van der Waals surface area contributed by atoms with E-state index in [0.717, 1.165) is 11.3 Å². The fourth-order valence-corrected chi connectivity index (χ4v) is 1.99. The standard InChI is InChI=1S/C15H20N2O3/c1-9(18)15(2,3)17-14(20)11-4-6-12-10(8-11)5-7-13(19)16-12/h4,6,8-9,18H,5,7H2,1-3H3,(H,16,19)(H,17,20). The van der Waals surface area contributed by atoms with E-state index in [-0.39, 0.29) is 11.8 Å². The maximum absolute atomic E-state index is 12.2. The molecular weight excluding hydrogens is 256 g/mol. The molecule has 1 aliphatic heterocycles. The van der Waals surface area contributed by atoms with E-state index < -0.39 is 11.6 Å². The fraction of sp³-hybridized carbons (Fsp3) is 0.467. The van der Waals surface area contributed by atoms with Gasteiger partial charge in [-0.2, -0.15) is 0 Å². The summed E-state index contributed by atoms with van der Waals surface area (Å²) in [7, 11) is 0. The maximum Gasteiger partial charge on any atom is 0.251 e. The lowest BCUT2D eigenvalue weighted by Gasteiger charge is -2.29. The average Bonchev–Trinajstić information content (AvgIpc) is 2.37. The van der Waals surface area contributed by atoms with E-state index >= 15 is 0 Å². The van der Waals surface area contributed by atoms with Gasteiger partial charge in [0.05, 0.1) is 11.6 Å². The fourth-order valence-electron chi connectivity index (χ4n) is 1.99. The third kappa shape index (κ3) is 2.99. The van der Waals surface area contributed by atoms with Gasteiger partial charge < -0.3 is 15.7 Å². The average molecular weight is 276 g/mol. The third-order valence-corrected chi connectivity index (χ3v) is 3.74. The first kappa shape index (κ1) is 14.5. The molecule has 0 fully saturated rings. The van der Waals surface area contributed by atoms with Crippen LogP contribution in [0, 0.1) is 0 Å². The number of nitrogens with one attached hydrogen (secondary N) is 2. The second kappa shape index (κ2) is 5.25. The number of aliphatic hydroxyl groups is 1. The van der Waals surface area contributed by atoms with Gasteiger partial charge in [-0.1, -0.05) is 0 Å². The number of amides is 2. The van der Waals surface area contributed by atoms with Gasteiger partial charge in [0.15, 0.2) is 0 Å². The Morgan fingerprint density at radius 3 is 2.75 bits per heavy atom. The molecule has 108 valence electrons. The van der Waals surface area contributed by atoms with Gasteiger partial charge in [0.1, 0.15) is 0 Å². The monoisotopic (exact) mass is 276 g/mol. The number of carbonyl (C=O) groups is 2. The van der Waals surface area contributed by atoms with Crippen LogP contribution in [-0.2, 0) is 11.2 Å². The lowest BCUT2D eigenvalue weighted by Crippen LogP contribution is -2.51. The zero-order valence-corrected chi connectivity index (χ0v) is 12.0. The molecule has 0 radical (unpaired) electrons. The topological polar surface area (TPSA) is 78.4 Å². The molecule has 1 aliphatic rings. The largest absolute Gasteiger partial charge is 0.391 e. The van der Waals surface area contributed by atoms with E-state index in [4.69, 9.17) is 0 Å². The summed E-state index contributed by atoms with van der Waals surface area (Å²) in [5.74, 6) is -0.222. The number of aryl methyl sites for hydroxylation is 1. The number of carbonyl (C=O) groups excluding carboxylic acids is 2. The summed E-state index contributed by atoms with van der Waals surface area (Å²) in [6.45, 7) is 5.19. The van der Waals surface area contributed by atoms with Crippen LogP contribution < -0.4 is 10.6 Å². The van der Waals surface area contributed by atoms with Gasteiger partial charge in [0.25, 0.3) is 5.91 Å². The summed E-state index contributed by atoms with van der Waals surface area (Å²) in [5.41, 5.74) is 1.58. The van der Waals surface area contributed by atoms with Crippen LogP contribution in [0.3, 0.4) is 0 Å². The zero-order valence-electron chi connectivity index (χ0n) is 12.0. The van der Waals surface area contributed by atoms with Crippen LogP contribution in [0.15, 0.2) is 18.2 Å². The lowest BCUT2D eigenvalue weighted by molar-refractivity contribution is -0.116. The van der Waals surface area contributed by atoms with Crippen molar-refractivity contribution in [3.63, 3.8) is 0 Å². The Labute approximate surface area is 118 Å². The van der Waals surface area contributed by atoms with E-state index in [1.54, 1.807) is 39.0 Å². The SMILES string of the molecule is CC(O)C(C)(C)NC(=O)c1ccc2c(c1)CCC(=O)N2. The number of rotatable bonds is 3. The van der Waals surface area contributed by atoms with Gasteiger partial charge >= 0.3 is 0 Å². The molecule has 0 spiro atoms. The molecule has 1 unspecified atom stereocenters. The summed E-state index contributed by atoms with van der Waals surface area (Å²) in [4.78, 5) is 23.5. The summed E-state index contributed by atoms with van der Waals surface area (Å²) in [6, 6.07) is 5.22. The highest BCUT2D eigenvalue weighted by molar-refractivity contribution is 5.98. The number of benzene rings is 1. The Bertz CT molecular complexity index is 550. The van der Waals surface area contributed by atoms with Crippen molar-refractivity contribution in [2.24, 2.45) is 0 Å². The quantitative estimate of drug-likeness (QED) is 0.782. The maximum atomic E-state index is 12.2. The van der Waals surface area contributed by atoms with E-state index in [0.29, 0.717) is 18.4 Å². The van der Waals surface area contributed by atoms with E-state index in [2.05, 4.69) is 10.6 Å². The molecule has 0 bridgehead atoms. The van der Waals surface area contributed by atoms with Crippen molar-refractivity contribution >= 4 is 17.5 Å². The molecule has 20 heavy (non-hydrogen) atoms. The molecule has 0 aliphatic carbocycles. The van der Waals surface area contributed by atoms with Gasteiger partial charge in [-0.15, -0.1) is 0 Å². The second-order valence-corrected chi connectivity index (χ2v) is 5.77. The molecule has 5 heteroatoms. The molecule has 1 aromatic carbocycles. The summed E-state index contributed by atoms with van der Waals surface area (Å²) >= 11 is 0. The van der Waals surface area contributed by atoms with Crippen molar-refractivity contribution in [2.45, 2.75) is 45.3 Å². The van der Waals surface area contributed by atoms with Crippen LogP contribution in [-0.4, -0.2) is 28.6 Å². The summed E-state index contributed by atoms with van der Waals surface area (Å²) in [5, 5.41) is 15.2. The van der Waals surface area contributed by atoms with Gasteiger partial charge in [-0.3, -0.25) is 9.59 Å². The predicted octanol–water partition coefficient (Wildman–Crippen LogP) is 1.46. The number of hydrogen-bond acceptors (Lipinski definition) is 3. The molecule has 0 saturated heterocycles. The Morgan fingerprint density at radius 2 is 2.10 bits per heavy atom. The second-order valence-electron chi connectivity index (χ2n) is 5.77. The molecule has 3 N–H and O–H groups in total. The Balaban J connectivity index is 2.18. The minimum Gasteiger partial charge on any atom is -0.391 e. The van der Waals surface area contributed by atoms with Gasteiger partial charge in [0.2, 0.25) is 5.91 Å². The number of fused-ring (bicyclic) bond motifs is 1. The molecule has 0 saturated carbocycles. The van der Waals surface area contributed by atoms with Crippen molar-refractivity contribution in [1.82, 2.24) is 5.32 Å². The highest BCUT2D eigenvalue weighted by atomic mass is 16.3. The lowest BCUT2D eigenvalue weighted by atomic mass is 9.96. The van der Waals surface area contributed by atoms with Crippen molar-refractivity contribution in [1.29, 1.82) is 0 Å². The van der Waals surface area contributed by atoms with Crippen LogP contribution in [0.2, 0.25) is 0 Å². The zero-order chi connectivity index (χ0) is 14.9. The van der Waals surface area contributed by atoms with Crippen molar-refractivity contribution < 1.29 is 14.7 Å². The Hall–Kier alpha value is -1.88. The van der Waals surface area contributed by atoms with Crippen LogP contribution in [0.5, 0.6) is 0 Å². The molecule has 5 nitrogen and oxygen atoms in total. The van der Waals surface area contributed by atoms with Crippen molar-refractivity contribution in [2.75, 3.05) is 5.32 Å². The van der Waals surface area contributed by atoms with Crippen LogP contribution in [0.4, 0.5) is 5.69 Å². The number of anilines is 1. The number of aliphatic hydroxyl groups excluding tert-OH is 1. The first-order valence-electron chi connectivity index (χ1n) is 6.73. The molecule has 1 heterocycles. The van der Waals surface area contributed by atoms with E-state index in [9.17, 15) is 14.7 Å².